The Labute approximate surface area is 105 Å². The second-order valence-electron chi connectivity index (χ2n) is 4.14. The van der Waals surface area contributed by atoms with Gasteiger partial charge in [-0.2, -0.15) is 0 Å². The van der Waals surface area contributed by atoms with E-state index in [4.69, 9.17) is 21.5 Å². The second-order valence-corrected chi connectivity index (χ2v) is 4.55. The molecule has 4 nitrogen and oxygen atoms in total. The fourth-order valence-corrected chi connectivity index (χ4v) is 2.09. The Morgan fingerprint density at radius 2 is 2.24 bits per heavy atom. The van der Waals surface area contributed by atoms with Gasteiger partial charge in [0.25, 0.3) is 0 Å². The maximum Gasteiger partial charge on any atom is 0.0736 e. The van der Waals surface area contributed by atoms with Crippen molar-refractivity contribution in [2.45, 2.75) is 38.4 Å². The Kier molecular flexibility index (Phi) is 4.34. The van der Waals surface area contributed by atoms with Crippen LogP contribution in [0.2, 0.25) is 5.02 Å². The van der Waals surface area contributed by atoms with Crippen molar-refractivity contribution in [2.24, 2.45) is 5.16 Å². The zero-order valence-electron chi connectivity index (χ0n) is 9.47. The molecule has 0 aliphatic heterocycles. The summed E-state index contributed by atoms with van der Waals surface area (Å²) >= 11 is 5.99. The van der Waals surface area contributed by atoms with E-state index in [0.29, 0.717) is 11.6 Å². The summed E-state index contributed by atoms with van der Waals surface area (Å²) in [7, 11) is 0. The van der Waals surface area contributed by atoms with Crippen LogP contribution in [0.4, 0.5) is 0 Å². The quantitative estimate of drug-likeness (QED) is 0.666. The molecule has 1 aliphatic rings. The van der Waals surface area contributed by atoms with Gasteiger partial charge in [-0.3, -0.25) is 4.98 Å². The highest BCUT2D eigenvalue weighted by molar-refractivity contribution is 6.31. The molecule has 0 spiro atoms. The molecule has 1 N–H and O–H groups in total. The first-order chi connectivity index (χ1) is 8.29. The van der Waals surface area contributed by atoms with Gasteiger partial charge < -0.3 is 9.94 Å². The van der Waals surface area contributed by atoms with Crippen LogP contribution in [0.25, 0.3) is 0 Å². The highest BCUT2D eigenvalue weighted by Crippen LogP contribution is 2.22. The maximum atomic E-state index is 8.64. The van der Waals surface area contributed by atoms with Crippen LogP contribution in [0.3, 0.4) is 0 Å². The minimum atomic E-state index is 0.227. The van der Waals surface area contributed by atoms with Crippen molar-refractivity contribution in [1.82, 2.24) is 4.98 Å². The van der Waals surface area contributed by atoms with Crippen molar-refractivity contribution in [3.63, 3.8) is 0 Å². The fraction of sp³-hybridized carbons (Fsp3) is 0.500. The highest BCUT2D eigenvalue weighted by Gasteiger charge is 2.18. The van der Waals surface area contributed by atoms with Crippen LogP contribution in [0.5, 0.6) is 0 Å². The van der Waals surface area contributed by atoms with Gasteiger partial charge in [0.05, 0.1) is 23.4 Å². The van der Waals surface area contributed by atoms with E-state index >= 15 is 0 Å². The van der Waals surface area contributed by atoms with E-state index in [0.717, 1.165) is 37.0 Å². The van der Waals surface area contributed by atoms with Crippen molar-refractivity contribution in [3.05, 3.63) is 29.0 Å². The number of hydrogen-bond acceptors (Lipinski definition) is 4. The van der Waals surface area contributed by atoms with Crippen LogP contribution in [0.1, 0.15) is 31.2 Å². The molecule has 1 aromatic rings. The van der Waals surface area contributed by atoms with Crippen LogP contribution in [0.15, 0.2) is 23.6 Å². The topological polar surface area (TPSA) is 54.7 Å². The molecule has 0 radical (unpaired) electrons. The Balaban J connectivity index is 1.82. The van der Waals surface area contributed by atoms with Crippen LogP contribution in [-0.2, 0) is 11.3 Å². The average molecular weight is 255 g/mol. The van der Waals surface area contributed by atoms with Crippen molar-refractivity contribution in [3.8, 4) is 0 Å². The zero-order chi connectivity index (χ0) is 12.1. The molecule has 1 fully saturated rings. The van der Waals surface area contributed by atoms with Gasteiger partial charge in [0.2, 0.25) is 0 Å². The maximum absolute atomic E-state index is 8.64. The summed E-state index contributed by atoms with van der Waals surface area (Å²) in [5.41, 5.74) is 1.83. The van der Waals surface area contributed by atoms with Crippen LogP contribution in [-0.4, -0.2) is 22.0 Å². The number of halogens is 1. The molecule has 1 aromatic heterocycles. The third-order valence-electron chi connectivity index (χ3n) is 2.98. The molecule has 1 heterocycles. The number of nitrogens with zero attached hydrogens (tertiary/aromatic N) is 2. The van der Waals surface area contributed by atoms with E-state index in [1.807, 2.05) is 6.07 Å². The Hall–Kier alpha value is -1.13. The van der Waals surface area contributed by atoms with Crippen molar-refractivity contribution < 1.29 is 9.94 Å². The SMILES string of the molecule is ON=C1CCC(OCc2ccncc2Cl)CC1. The van der Waals surface area contributed by atoms with Gasteiger partial charge >= 0.3 is 0 Å². The van der Waals surface area contributed by atoms with E-state index in [2.05, 4.69) is 10.1 Å². The van der Waals surface area contributed by atoms with Crippen LogP contribution in [0, 0.1) is 0 Å². The molecular weight excluding hydrogens is 240 g/mol. The molecule has 1 saturated carbocycles. The van der Waals surface area contributed by atoms with Gasteiger partial charge in [-0.25, -0.2) is 0 Å². The molecule has 5 heteroatoms. The predicted molar refractivity (Wildman–Crippen MR) is 65.5 cm³/mol. The first-order valence-corrected chi connectivity index (χ1v) is 6.07. The summed E-state index contributed by atoms with van der Waals surface area (Å²) in [4.78, 5) is 3.93. The summed E-state index contributed by atoms with van der Waals surface area (Å²) in [6.07, 6.45) is 6.99. The number of hydrogen-bond donors (Lipinski definition) is 1. The molecule has 1 aliphatic carbocycles. The molecule has 0 saturated heterocycles. The summed E-state index contributed by atoms with van der Waals surface area (Å²) in [5.74, 6) is 0. The standard InChI is InChI=1S/C12H15ClN2O2/c13-12-7-14-6-5-9(12)8-17-11-3-1-10(15-16)2-4-11/h5-7,11,16H,1-4,8H2. The number of oxime groups is 1. The van der Waals surface area contributed by atoms with Gasteiger partial charge in [-0.05, 0) is 37.3 Å². The molecule has 0 bridgehead atoms. The van der Waals surface area contributed by atoms with Crippen molar-refractivity contribution in [2.75, 3.05) is 0 Å². The summed E-state index contributed by atoms with van der Waals surface area (Å²) in [5, 5.41) is 12.5. The first-order valence-electron chi connectivity index (χ1n) is 5.69. The van der Waals surface area contributed by atoms with E-state index in [1.165, 1.54) is 0 Å². The Morgan fingerprint density at radius 3 is 2.88 bits per heavy atom. The molecule has 0 atom stereocenters. The van der Waals surface area contributed by atoms with Crippen LogP contribution < -0.4 is 0 Å². The molecule has 17 heavy (non-hydrogen) atoms. The highest BCUT2D eigenvalue weighted by atomic mass is 35.5. The van der Waals surface area contributed by atoms with Gasteiger partial charge in [0, 0.05) is 12.4 Å². The molecular formula is C12H15ClN2O2. The molecule has 0 aromatic carbocycles. The third kappa shape index (κ3) is 3.41. The number of aromatic nitrogens is 1. The summed E-state index contributed by atoms with van der Waals surface area (Å²) in [6.45, 7) is 0.512. The fourth-order valence-electron chi connectivity index (χ4n) is 1.92. The normalized spacial score (nSPS) is 20.3. The predicted octanol–water partition coefficient (Wildman–Crippen LogP) is 3.02. The second kappa shape index (κ2) is 5.98. The minimum absolute atomic E-state index is 0.227. The van der Waals surface area contributed by atoms with Crippen molar-refractivity contribution in [1.29, 1.82) is 0 Å². The number of pyridine rings is 1. The number of rotatable bonds is 3. The van der Waals surface area contributed by atoms with E-state index in [9.17, 15) is 0 Å². The zero-order valence-corrected chi connectivity index (χ0v) is 10.2. The number of ether oxygens (including phenoxy) is 1. The first kappa shape index (κ1) is 12.3. The van der Waals surface area contributed by atoms with Gasteiger partial charge in [0.1, 0.15) is 0 Å². The van der Waals surface area contributed by atoms with E-state index in [-0.39, 0.29) is 6.10 Å². The smallest absolute Gasteiger partial charge is 0.0736 e. The lowest BCUT2D eigenvalue weighted by atomic mass is 9.96. The summed E-state index contributed by atoms with van der Waals surface area (Å²) < 4.78 is 5.79. The van der Waals surface area contributed by atoms with Gasteiger partial charge in [0.15, 0.2) is 0 Å². The van der Waals surface area contributed by atoms with Gasteiger partial charge in [-0.15, -0.1) is 0 Å². The molecule has 0 amide bonds. The van der Waals surface area contributed by atoms with Gasteiger partial charge in [-0.1, -0.05) is 16.8 Å². The summed E-state index contributed by atoms with van der Waals surface area (Å²) in [6, 6.07) is 1.87. The molecule has 92 valence electrons. The van der Waals surface area contributed by atoms with Crippen LogP contribution >= 0.6 is 11.6 Å². The molecule has 0 unspecified atom stereocenters. The molecule has 2 rings (SSSR count). The van der Waals surface area contributed by atoms with E-state index < -0.39 is 0 Å². The lowest BCUT2D eigenvalue weighted by Gasteiger charge is -2.22. The minimum Gasteiger partial charge on any atom is -0.411 e. The average Bonchev–Trinajstić information content (AvgIpc) is 2.38. The monoisotopic (exact) mass is 254 g/mol. The lowest BCUT2D eigenvalue weighted by Crippen LogP contribution is -2.21. The third-order valence-corrected chi connectivity index (χ3v) is 3.32. The Bertz CT molecular complexity index is 399. The largest absolute Gasteiger partial charge is 0.411 e. The van der Waals surface area contributed by atoms with Crippen molar-refractivity contribution >= 4 is 17.3 Å². The lowest BCUT2D eigenvalue weighted by molar-refractivity contribution is 0.0277. The Morgan fingerprint density at radius 1 is 1.47 bits per heavy atom. The van der Waals surface area contributed by atoms with E-state index in [1.54, 1.807) is 12.4 Å².